The van der Waals surface area contributed by atoms with Crippen molar-refractivity contribution in [3.05, 3.63) is 65.2 Å². The number of alkyl halides is 3. The summed E-state index contributed by atoms with van der Waals surface area (Å²) in [7, 11) is 0. The van der Waals surface area contributed by atoms with Crippen LogP contribution in [0.2, 0.25) is 0 Å². The summed E-state index contributed by atoms with van der Waals surface area (Å²) in [5.74, 6) is -0.438. The molecular formula is C30H35F3N4O5. The van der Waals surface area contributed by atoms with Crippen molar-refractivity contribution in [2.45, 2.75) is 45.4 Å². The lowest BCUT2D eigenvalue weighted by Crippen LogP contribution is -2.38. The van der Waals surface area contributed by atoms with E-state index in [1.807, 2.05) is 13.8 Å². The third kappa shape index (κ3) is 6.19. The lowest BCUT2D eigenvalue weighted by atomic mass is 9.87. The van der Waals surface area contributed by atoms with Gasteiger partial charge in [0.05, 0.1) is 36.3 Å². The smallest absolute Gasteiger partial charge is 0.417 e. The van der Waals surface area contributed by atoms with Gasteiger partial charge in [0.2, 0.25) is 0 Å². The number of morpholine rings is 1. The number of rotatable bonds is 7. The first-order chi connectivity index (χ1) is 19.8. The van der Waals surface area contributed by atoms with E-state index in [1.54, 1.807) is 38.1 Å². The first-order valence-electron chi connectivity index (χ1n) is 13.9. The molecule has 2 aromatic heterocycles. The maximum absolute atomic E-state index is 13.7. The van der Waals surface area contributed by atoms with Crippen LogP contribution in [0.4, 0.5) is 13.2 Å². The largest absolute Gasteiger partial charge is 0.492 e. The van der Waals surface area contributed by atoms with Crippen molar-refractivity contribution in [2.75, 3.05) is 46.0 Å². The van der Waals surface area contributed by atoms with E-state index in [0.717, 1.165) is 31.9 Å². The summed E-state index contributed by atoms with van der Waals surface area (Å²) in [6, 6.07) is 7.76. The highest BCUT2D eigenvalue weighted by atomic mass is 19.4. The van der Waals surface area contributed by atoms with Crippen molar-refractivity contribution >= 4 is 23.1 Å². The summed E-state index contributed by atoms with van der Waals surface area (Å²) >= 11 is 0. The molecule has 0 saturated carbocycles. The minimum Gasteiger partial charge on any atom is -0.492 e. The second-order valence-electron chi connectivity index (χ2n) is 11.5. The van der Waals surface area contributed by atoms with Crippen LogP contribution in [0.1, 0.15) is 55.0 Å². The quantitative estimate of drug-likeness (QED) is 0.402. The van der Waals surface area contributed by atoms with Gasteiger partial charge < -0.3 is 28.5 Å². The Morgan fingerprint density at radius 2 is 1.81 bits per heavy atom. The van der Waals surface area contributed by atoms with Gasteiger partial charge in [-0.1, -0.05) is 13.8 Å². The lowest BCUT2D eigenvalue weighted by Gasteiger charge is -2.29. The van der Waals surface area contributed by atoms with E-state index in [9.17, 15) is 22.8 Å². The molecule has 5 rings (SSSR count). The number of hydrogen-bond acceptors (Lipinski definition) is 6. The van der Waals surface area contributed by atoms with Gasteiger partial charge in [0.25, 0.3) is 5.91 Å². The zero-order chi connectivity index (χ0) is 30.2. The van der Waals surface area contributed by atoms with E-state index >= 15 is 0 Å². The Hall–Kier alpha value is -3.77. The number of benzene rings is 1. The van der Waals surface area contributed by atoms with Gasteiger partial charge in [-0.15, -0.1) is 0 Å². The third-order valence-corrected chi connectivity index (χ3v) is 7.34. The highest BCUT2D eigenvalue weighted by Gasteiger charge is 2.40. The molecule has 3 aromatic rings. The van der Waals surface area contributed by atoms with Gasteiger partial charge in [0, 0.05) is 49.6 Å². The normalized spacial score (nSPS) is 17.6. The summed E-state index contributed by atoms with van der Waals surface area (Å²) in [5, 5.41) is 0. The Labute approximate surface area is 241 Å². The molecule has 1 N–H and O–H groups in total. The molecule has 0 radical (unpaired) electrons. The second kappa shape index (κ2) is 11.5. The topological polar surface area (TPSA) is 88.5 Å². The zero-order valence-electron chi connectivity index (χ0n) is 24.1. The van der Waals surface area contributed by atoms with E-state index in [4.69, 9.17) is 14.2 Å². The van der Waals surface area contributed by atoms with Gasteiger partial charge in [-0.05, 0) is 44.2 Å². The Morgan fingerprint density at radius 1 is 1.12 bits per heavy atom. The SMILES string of the molecule is CC(C)OC(=O)C1=CN(C(=O)c2ccc(OCCN3CCOCC3)cc2)CC(C)(C)c2c1[nH]c1cc(C(F)(F)F)cn21. The highest BCUT2D eigenvalue weighted by Crippen LogP contribution is 2.39. The molecule has 1 fully saturated rings. The van der Waals surface area contributed by atoms with Crippen LogP contribution in [0.3, 0.4) is 0 Å². The number of halogens is 3. The predicted molar refractivity (Wildman–Crippen MR) is 149 cm³/mol. The van der Waals surface area contributed by atoms with Gasteiger partial charge in [0.15, 0.2) is 0 Å². The van der Waals surface area contributed by atoms with Crippen molar-refractivity contribution in [3.8, 4) is 5.75 Å². The number of amides is 1. The van der Waals surface area contributed by atoms with E-state index in [1.165, 1.54) is 15.5 Å². The predicted octanol–water partition coefficient (Wildman–Crippen LogP) is 4.72. The van der Waals surface area contributed by atoms with Crippen LogP contribution >= 0.6 is 0 Å². The maximum Gasteiger partial charge on any atom is 0.417 e. The van der Waals surface area contributed by atoms with Crippen LogP contribution in [0.15, 0.2) is 42.7 Å². The minimum absolute atomic E-state index is 0.0537. The molecule has 1 aromatic carbocycles. The molecule has 0 spiro atoms. The number of nitrogens with one attached hydrogen (secondary N) is 1. The van der Waals surface area contributed by atoms with Crippen LogP contribution in [0.5, 0.6) is 5.75 Å². The Balaban J connectivity index is 1.42. The average molecular weight is 589 g/mol. The molecule has 12 heteroatoms. The third-order valence-electron chi connectivity index (χ3n) is 7.34. The number of hydrogen-bond donors (Lipinski definition) is 1. The fraction of sp³-hybridized carbons (Fsp3) is 0.467. The van der Waals surface area contributed by atoms with Crippen molar-refractivity contribution in [2.24, 2.45) is 0 Å². The molecule has 0 aliphatic carbocycles. The van der Waals surface area contributed by atoms with Gasteiger partial charge >= 0.3 is 12.1 Å². The fourth-order valence-corrected chi connectivity index (χ4v) is 5.37. The number of ether oxygens (including phenoxy) is 3. The molecule has 2 aliphatic rings. The van der Waals surface area contributed by atoms with Crippen LogP contribution in [0.25, 0.3) is 11.2 Å². The fourth-order valence-electron chi connectivity index (χ4n) is 5.37. The molecule has 226 valence electrons. The second-order valence-corrected chi connectivity index (χ2v) is 11.5. The molecule has 42 heavy (non-hydrogen) atoms. The molecule has 1 amide bonds. The van der Waals surface area contributed by atoms with Gasteiger partial charge in [-0.25, -0.2) is 4.79 Å². The molecule has 0 bridgehead atoms. The van der Waals surface area contributed by atoms with Crippen molar-refractivity contribution in [3.63, 3.8) is 0 Å². The van der Waals surface area contributed by atoms with E-state index in [2.05, 4.69) is 9.88 Å². The highest BCUT2D eigenvalue weighted by molar-refractivity contribution is 6.17. The minimum atomic E-state index is -4.54. The number of aromatic nitrogens is 2. The van der Waals surface area contributed by atoms with Gasteiger partial charge in [-0.3, -0.25) is 9.69 Å². The average Bonchev–Trinajstić information content (AvgIpc) is 3.47. The first kappa shape index (κ1) is 29.7. The molecule has 1 saturated heterocycles. The van der Waals surface area contributed by atoms with Crippen molar-refractivity contribution < 1.29 is 37.0 Å². The number of carbonyl (C=O) groups is 2. The number of imidazole rings is 1. The van der Waals surface area contributed by atoms with Gasteiger partial charge in [-0.2, -0.15) is 13.2 Å². The van der Waals surface area contributed by atoms with Crippen LogP contribution in [-0.2, 0) is 25.9 Å². The Bertz CT molecular complexity index is 1480. The van der Waals surface area contributed by atoms with E-state index in [-0.39, 0.29) is 23.7 Å². The van der Waals surface area contributed by atoms with Crippen LogP contribution in [0, 0.1) is 0 Å². The van der Waals surface area contributed by atoms with Crippen LogP contribution in [-0.4, -0.2) is 83.2 Å². The number of esters is 1. The standard InChI is InChI=1S/C30H35F3N4O5/c1-19(2)42-28(39)23-17-36(18-29(3,4)26-25(23)34-24-15-21(16-37(24)26)30(31,32)33)27(38)20-5-7-22(8-6-20)41-14-11-35-9-12-40-13-10-35/h5-8,15-17,19,34H,9-14,18H2,1-4H3. The Morgan fingerprint density at radius 3 is 2.45 bits per heavy atom. The van der Waals surface area contributed by atoms with Crippen LogP contribution < -0.4 is 4.74 Å². The summed E-state index contributed by atoms with van der Waals surface area (Å²) < 4.78 is 58.6. The monoisotopic (exact) mass is 588 g/mol. The molecule has 9 nitrogen and oxygen atoms in total. The summed E-state index contributed by atoms with van der Waals surface area (Å²) in [6.45, 7) is 11.6. The molecule has 4 heterocycles. The lowest BCUT2D eigenvalue weighted by molar-refractivity contribution is -0.140. The van der Waals surface area contributed by atoms with Gasteiger partial charge in [0.1, 0.15) is 23.6 Å². The Kier molecular flexibility index (Phi) is 8.13. The summed E-state index contributed by atoms with van der Waals surface area (Å²) in [6.07, 6.45) is -2.55. The molecule has 0 unspecified atom stereocenters. The summed E-state index contributed by atoms with van der Waals surface area (Å²) in [5.41, 5.74) is -0.301. The number of fused-ring (bicyclic) bond motifs is 3. The van der Waals surface area contributed by atoms with E-state index in [0.29, 0.717) is 42.5 Å². The first-order valence-corrected chi connectivity index (χ1v) is 13.9. The van der Waals surface area contributed by atoms with E-state index < -0.39 is 29.2 Å². The number of H-pyrrole nitrogens is 1. The maximum atomic E-state index is 13.7. The number of aromatic amines is 1. The molecule has 0 atom stereocenters. The van der Waals surface area contributed by atoms with Crippen molar-refractivity contribution in [1.29, 1.82) is 0 Å². The molecular weight excluding hydrogens is 553 g/mol. The number of nitrogens with zero attached hydrogens (tertiary/aromatic N) is 3. The zero-order valence-corrected chi connectivity index (χ0v) is 24.1. The number of carbonyl (C=O) groups excluding carboxylic acids is 2. The van der Waals surface area contributed by atoms with Crippen molar-refractivity contribution in [1.82, 2.24) is 19.2 Å². The molecule has 2 aliphatic heterocycles. The summed E-state index contributed by atoms with van der Waals surface area (Å²) in [4.78, 5) is 33.7.